The third-order valence-electron chi connectivity index (χ3n) is 5.96. The van der Waals surface area contributed by atoms with Gasteiger partial charge in [0.2, 0.25) is 5.95 Å². The van der Waals surface area contributed by atoms with E-state index >= 15 is 0 Å². The smallest absolute Gasteiger partial charge is 0.459 e. The van der Waals surface area contributed by atoms with Crippen LogP contribution in [0.3, 0.4) is 0 Å². The Hall–Kier alpha value is -3.44. The van der Waals surface area contributed by atoms with Gasteiger partial charge in [-0.2, -0.15) is 15.1 Å². The van der Waals surface area contributed by atoms with E-state index in [4.69, 9.17) is 42.3 Å². The van der Waals surface area contributed by atoms with Gasteiger partial charge in [0.25, 0.3) is 0 Å². The number of nitrogens with one attached hydrogen (secondary N) is 2. The number of nitrogen functional groups attached to an aromatic ring is 1. The van der Waals surface area contributed by atoms with Crippen molar-refractivity contribution in [3.8, 4) is 18.1 Å². The number of carbonyl (C=O) groups is 1. The van der Waals surface area contributed by atoms with E-state index in [0.29, 0.717) is 11.3 Å². The van der Waals surface area contributed by atoms with Gasteiger partial charge >= 0.3 is 13.7 Å². The molecule has 3 aromatic rings. The molecule has 0 amide bonds. The fourth-order valence-electron chi connectivity index (χ4n) is 4.03. The summed E-state index contributed by atoms with van der Waals surface area (Å²) in [7, 11) is -2.60. The van der Waals surface area contributed by atoms with Crippen molar-refractivity contribution in [1.82, 2.24) is 24.6 Å². The summed E-state index contributed by atoms with van der Waals surface area (Å²) >= 11 is 6.73. The molecule has 6 atom stereocenters. The van der Waals surface area contributed by atoms with Crippen LogP contribution >= 0.6 is 19.3 Å². The topological polar surface area (TPSA) is 185 Å². The molecule has 0 unspecified atom stereocenters. The van der Waals surface area contributed by atoms with Crippen LogP contribution in [0.5, 0.6) is 5.75 Å². The molecule has 14 nitrogen and oxygen atoms in total. The van der Waals surface area contributed by atoms with E-state index in [1.165, 1.54) is 17.8 Å². The number of ether oxygens (including phenoxy) is 2. The van der Waals surface area contributed by atoms with Crippen LogP contribution in [-0.2, 0) is 23.4 Å². The molecule has 1 saturated heterocycles. The quantitative estimate of drug-likeness (QED) is 0.110. The molecule has 1 aromatic carbocycles. The van der Waals surface area contributed by atoms with E-state index in [9.17, 15) is 14.5 Å². The predicted molar refractivity (Wildman–Crippen MR) is 146 cm³/mol. The summed E-state index contributed by atoms with van der Waals surface area (Å²) in [6, 6.07) is 7.14. The number of hydrogen-bond donors (Lipinski definition) is 4. The zero-order valence-electron chi connectivity index (χ0n) is 21.9. The molecule has 16 heteroatoms. The number of carbonyl (C=O) groups excluding carboxylic acids is 1. The van der Waals surface area contributed by atoms with Crippen molar-refractivity contribution < 1.29 is 33.0 Å². The summed E-state index contributed by atoms with van der Waals surface area (Å²) in [6.07, 6.45) is 3.25. The second-order valence-electron chi connectivity index (χ2n) is 8.69. The van der Waals surface area contributed by atoms with Crippen LogP contribution in [0.4, 0.5) is 11.8 Å². The van der Waals surface area contributed by atoms with Gasteiger partial charge in [0.15, 0.2) is 28.1 Å². The highest BCUT2D eigenvalue weighted by Gasteiger charge is 2.56. The normalized spacial score (nSPS) is 24.6. The Morgan fingerprint density at radius 2 is 2.12 bits per heavy atom. The zero-order chi connectivity index (χ0) is 29.1. The number of nitrogens with two attached hydrogens (primary N) is 1. The molecule has 40 heavy (non-hydrogen) atoms. The van der Waals surface area contributed by atoms with Crippen LogP contribution < -0.4 is 20.7 Å². The van der Waals surface area contributed by atoms with Gasteiger partial charge in [-0.1, -0.05) is 35.7 Å². The minimum Gasteiger partial charge on any atom is -0.465 e. The predicted octanol–water partition coefficient (Wildman–Crippen LogP) is 2.06. The minimum atomic E-state index is -4.24. The van der Waals surface area contributed by atoms with Gasteiger partial charge in [0, 0.05) is 7.05 Å². The first kappa shape index (κ1) is 29.5. The van der Waals surface area contributed by atoms with Crippen molar-refractivity contribution in [3.63, 3.8) is 0 Å². The minimum absolute atomic E-state index is 0.0429. The van der Waals surface area contributed by atoms with E-state index in [-0.39, 0.29) is 24.0 Å². The first-order valence-corrected chi connectivity index (χ1v) is 14.1. The number of para-hydroxylation sites is 1. The average Bonchev–Trinajstić information content (AvgIpc) is 3.46. The molecule has 0 saturated carbocycles. The van der Waals surface area contributed by atoms with Crippen LogP contribution in [0.1, 0.15) is 20.1 Å². The molecule has 1 aliphatic heterocycles. The summed E-state index contributed by atoms with van der Waals surface area (Å²) in [5.41, 5.74) is 6.46. The largest absolute Gasteiger partial charge is 0.465 e. The molecular formula is C24H29ClN7O7P. The number of esters is 1. The maximum absolute atomic E-state index is 13.8. The van der Waals surface area contributed by atoms with Crippen molar-refractivity contribution in [3.05, 3.63) is 36.7 Å². The number of halogens is 1. The molecule has 0 aliphatic carbocycles. The molecule has 0 radical (unpaired) electrons. The number of nitrogens with zero attached hydrogens (tertiary/aromatic N) is 4. The Bertz CT molecular complexity index is 1450. The van der Waals surface area contributed by atoms with E-state index in [1.807, 2.05) is 0 Å². The molecule has 3 heterocycles. The SMILES string of the molecule is C#C[C@@]1(Cl)[C@H](O)[C@@H](CO[P@@](=O)(N[C@H](C)C(=O)OCC)Oc2ccccc2)O[C@H]1n1cnc2c(NC)nc(N)nc21. The van der Waals surface area contributed by atoms with Gasteiger partial charge in [-0.15, -0.1) is 6.42 Å². The van der Waals surface area contributed by atoms with Crippen LogP contribution in [0.2, 0.25) is 0 Å². The van der Waals surface area contributed by atoms with Gasteiger partial charge < -0.3 is 30.2 Å². The highest BCUT2D eigenvalue weighted by molar-refractivity contribution is 7.52. The van der Waals surface area contributed by atoms with E-state index in [2.05, 4.69) is 31.3 Å². The summed E-state index contributed by atoms with van der Waals surface area (Å²) < 4.78 is 37.5. The molecule has 4 rings (SSSR count). The summed E-state index contributed by atoms with van der Waals surface area (Å²) in [5, 5.41) is 16.6. The lowest BCUT2D eigenvalue weighted by molar-refractivity contribution is -0.144. The van der Waals surface area contributed by atoms with Crippen LogP contribution in [0.25, 0.3) is 11.2 Å². The van der Waals surface area contributed by atoms with Crippen LogP contribution in [0.15, 0.2) is 36.7 Å². The van der Waals surface area contributed by atoms with Gasteiger partial charge in [0.1, 0.15) is 24.0 Å². The number of hydrogen-bond acceptors (Lipinski definition) is 12. The number of terminal acetylenes is 1. The molecular weight excluding hydrogens is 565 g/mol. The summed E-state index contributed by atoms with van der Waals surface area (Å²) in [4.78, 5) is 23.0. The number of benzene rings is 1. The lowest BCUT2D eigenvalue weighted by atomic mass is 9.99. The molecule has 1 aliphatic rings. The summed E-state index contributed by atoms with van der Waals surface area (Å²) in [6.45, 7) is 2.71. The van der Waals surface area contributed by atoms with Crippen molar-refractivity contribution in [1.29, 1.82) is 0 Å². The number of aromatic nitrogens is 4. The zero-order valence-corrected chi connectivity index (χ0v) is 23.5. The van der Waals surface area contributed by atoms with E-state index in [1.54, 1.807) is 44.3 Å². The van der Waals surface area contributed by atoms with Gasteiger partial charge in [-0.05, 0) is 26.0 Å². The fourth-order valence-corrected chi connectivity index (χ4v) is 5.83. The monoisotopic (exact) mass is 593 g/mol. The van der Waals surface area contributed by atoms with Crippen molar-refractivity contribution in [2.45, 2.75) is 43.2 Å². The fraction of sp³-hybridized carbons (Fsp3) is 0.417. The second-order valence-corrected chi connectivity index (χ2v) is 11.0. The number of aliphatic hydroxyl groups excluding tert-OH is 1. The highest BCUT2D eigenvalue weighted by atomic mass is 35.5. The summed E-state index contributed by atoms with van der Waals surface area (Å²) in [5.74, 6) is 2.24. The number of rotatable bonds is 11. The molecule has 2 aromatic heterocycles. The Morgan fingerprint density at radius 3 is 2.77 bits per heavy atom. The first-order valence-electron chi connectivity index (χ1n) is 12.2. The second kappa shape index (κ2) is 12.0. The number of alkyl halides is 1. The number of fused-ring (bicyclic) bond motifs is 1. The lowest BCUT2D eigenvalue weighted by Gasteiger charge is -2.25. The lowest BCUT2D eigenvalue weighted by Crippen LogP contribution is -2.41. The Labute approximate surface area is 235 Å². The number of aliphatic hydroxyl groups is 1. The molecule has 0 bridgehead atoms. The van der Waals surface area contributed by atoms with E-state index in [0.717, 1.165) is 0 Å². The maximum Gasteiger partial charge on any atom is 0.459 e. The van der Waals surface area contributed by atoms with Gasteiger partial charge in [-0.3, -0.25) is 13.9 Å². The third-order valence-corrected chi connectivity index (χ3v) is 8.13. The van der Waals surface area contributed by atoms with Gasteiger partial charge in [0.05, 0.1) is 19.5 Å². The first-order chi connectivity index (χ1) is 19.0. The van der Waals surface area contributed by atoms with E-state index < -0.39 is 49.7 Å². The van der Waals surface area contributed by atoms with Gasteiger partial charge in [-0.25, -0.2) is 9.55 Å². The standard InChI is InChI=1S/C24H29ClN7O7P/c1-5-24(25)18(33)16(38-22(24)32-13-28-17-19(27-4)29-23(26)30-20(17)32)12-37-40(35,31-14(3)21(34)36-6-2)39-15-10-8-7-9-11-15/h1,7-11,13-14,16,18,22,33H,6,12H2,2-4H3,(H,31,35)(H3,26,27,29,30)/t14-,16-,18-,22-,24-,40+/m1/s1. The van der Waals surface area contributed by atoms with Crippen LogP contribution in [-0.4, -0.2) is 74.0 Å². The maximum atomic E-state index is 13.8. The Morgan fingerprint density at radius 1 is 1.40 bits per heavy atom. The average molecular weight is 594 g/mol. The van der Waals surface area contributed by atoms with Crippen molar-refractivity contribution in [2.75, 3.05) is 31.3 Å². The Balaban J connectivity index is 1.60. The third kappa shape index (κ3) is 5.85. The van der Waals surface area contributed by atoms with Crippen molar-refractivity contribution >= 4 is 48.2 Å². The molecule has 1 fully saturated rings. The van der Waals surface area contributed by atoms with Crippen LogP contribution in [0, 0.1) is 12.3 Å². The number of anilines is 2. The Kier molecular flexibility index (Phi) is 8.84. The molecule has 0 spiro atoms. The molecule has 5 N–H and O–H groups in total. The number of imidazole rings is 1. The van der Waals surface area contributed by atoms with Crippen molar-refractivity contribution in [2.24, 2.45) is 0 Å². The molecule has 214 valence electrons. The highest BCUT2D eigenvalue weighted by Crippen LogP contribution is 2.48.